The highest BCUT2D eigenvalue weighted by Crippen LogP contribution is 2.29. The van der Waals surface area contributed by atoms with Gasteiger partial charge in [0.2, 0.25) is 0 Å². The normalized spacial score (nSPS) is 21.1. The second kappa shape index (κ2) is 5.48. The second-order valence-electron chi connectivity index (χ2n) is 3.72. The molecule has 1 saturated carbocycles. The number of alkyl halides is 1. The molecule has 0 aromatic rings. The first-order valence-electron chi connectivity index (χ1n) is 4.97. The summed E-state index contributed by atoms with van der Waals surface area (Å²) in [5.74, 6) is 0.316. The molecule has 0 aromatic heterocycles. The highest BCUT2D eigenvalue weighted by molar-refractivity contribution is 6.21. The predicted octanol–water partition coefficient (Wildman–Crippen LogP) is 2.74. The lowest BCUT2D eigenvalue weighted by Gasteiger charge is -2.25. The van der Waals surface area contributed by atoms with Gasteiger partial charge in [-0.05, 0) is 18.8 Å². The lowest BCUT2D eigenvalue weighted by atomic mass is 9.87. The van der Waals surface area contributed by atoms with Gasteiger partial charge in [0.1, 0.15) is 6.61 Å². The van der Waals surface area contributed by atoms with Gasteiger partial charge in [0.05, 0.1) is 5.38 Å². The third kappa shape index (κ3) is 3.99. The monoisotopic (exact) mass is 204 g/mol. The molecule has 0 N–H and O–H groups in total. The average Bonchev–Trinajstić information content (AvgIpc) is 2.15. The van der Waals surface area contributed by atoms with Crippen molar-refractivity contribution in [3.8, 4) is 0 Å². The van der Waals surface area contributed by atoms with E-state index in [4.69, 9.17) is 16.3 Å². The summed E-state index contributed by atoms with van der Waals surface area (Å²) in [5, 5.41) is 0.0178. The fourth-order valence-electron chi connectivity index (χ4n) is 1.83. The standard InChI is InChI=1S/C10H17ClO2/c1-8(12)13-7-10(11)9-5-3-2-4-6-9/h9-10H,2-7H2,1H3. The Morgan fingerprint density at radius 2 is 2.08 bits per heavy atom. The Labute approximate surface area is 84.6 Å². The highest BCUT2D eigenvalue weighted by atomic mass is 35.5. The maximum absolute atomic E-state index is 10.6. The van der Waals surface area contributed by atoms with Gasteiger partial charge in [-0.2, -0.15) is 0 Å². The van der Waals surface area contributed by atoms with E-state index in [0.29, 0.717) is 12.5 Å². The van der Waals surface area contributed by atoms with Crippen molar-refractivity contribution in [3.63, 3.8) is 0 Å². The Morgan fingerprint density at radius 1 is 1.46 bits per heavy atom. The Kier molecular flexibility index (Phi) is 4.57. The average molecular weight is 205 g/mol. The molecule has 1 fully saturated rings. The SMILES string of the molecule is CC(=O)OCC(Cl)C1CCCCC1. The highest BCUT2D eigenvalue weighted by Gasteiger charge is 2.22. The van der Waals surface area contributed by atoms with E-state index in [0.717, 1.165) is 0 Å². The molecule has 2 nitrogen and oxygen atoms in total. The molecule has 76 valence electrons. The van der Waals surface area contributed by atoms with Crippen LogP contribution in [-0.2, 0) is 9.53 Å². The van der Waals surface area contributed by atoms with Crippen LogP contribution in [0.1, 0.15) is 39.0 Å². The van der Waals surface area contributed by atoms with Gasteiger partial charge in [0.25, 0.3) is 0 Å². The summed E-state index contributed by atoms with van der Waals surface area (Å²) in [6.45, 7) is 1.80. The van der Waals surface area contributed by atoms with Crippen molar-refractivity contribution < 1.29 is 9.53 Å². The van der Waals surface area contributed by atoms with E-state index in [1.165, 1.54) is 39.0 Å². The van der Waals surface area contributed by atoms with Crippen LogP contribution in [-0.4, -0.2) is 18.0 Å². The van der Waals surface area contributed by atoms with E-state index < -0.39 is 0 Å². The minimum absolute atomic E-state index is 0.0178. The molecule has 1 unspecified atom stereocenters. The molecule has 0 heterocycles. The molecular formula is C10H17ClO2. The summed E-state index contributed by atoms with van der Waals surface area (Å²) in [4.78, 5) is 10.6. The molecule has 3 heteroatoms. The number of esters is 1. The minimum atomic E-state index is -0.235. The van der Waals surface area contributed by atoms with E-state index in [1.54, 1.807) is 0 Å². The van der Waals surface area contributed by atoms with Crippen LogP contribution in [0.25, 0.3) is 0 Å². The zero-order chi connectivity index (χ0) is 9.68. The number of carbonyl (C=O) groups is 1. The maximum Gasteiger partial charge on any atom is 0.302 e. The molecule has 1 aliphatic carbocycles. The first kappa shape index (κ1) is 10.8. The molecule has 0 amide bonds. The van der Waals surface area contributed by atoms with E-state index in [2.05, 4.69) is 0 Å². The number of rotatable bonds is 3. The summed E-state index contributed by atoms with van der Waals surface area (Å²) in [7, 11) is 0. The van der Waals surface area contributed by atoms with Crippen LogP contribution >= 0.6 is 11.6 Å². The molecule has 1 atom stereocenters. The molecule has 0 spiro atoms. The fourth-order valence-corrected chi connectivity index (χ4v) is 2.14. The Morgan fingerprint density at radius 3 is 2.62 bits per heavy atom. The Hall–Kier alpha value is -0.240. The van der Waals surface area contributed by atoms with Crippen LogP contribution in [0.4, 0.5) is 0 Å². The predicted molar refractivity (Wildman–Crippen MR) is 52.8 cm³/mol. The lowest BCUT2D eigenvalue weighted by molar-refractivity contribution is -0.141. The van der Waals surface area contributed by atoms with Crippen LogP contribution < -0.4 is 0 Å². The summed E-state index contributed by atoms with van der Waals surface area (Å²) in [6, 6.07) is 0. The van der Waals surface area contributed by atoms with Gasteiger partial charge in [-0.3, -0.25) is 4.79 Å². The largest absolute Gasteiger partial charge is 0.464 e. The zero-order valence-electron chi connectivity index (χ0n) is 8.09. The van der Waals surface area contributed by atoms with Crippen molar-refractivity contribution in [2.24, 2.45) is 5.92 Å². The van der Waals surface area contributed by atoms with Crippen LogP contribution in [0.15, 0.2) is 0 Å². The van der Waals surface area contributed by atoms with Gasteiger partial charge in [-0.1, -0.05) is 19.3 Å². The molecule has 0 bridgehead atoms. The van der Waals surface area contributed by atoms with E-state index in [-0.39, 0.29) is 11.3 Å². The van der Waals surface area contributed by atoms with Gasteiger partial charge in [-0.15, -0.1) is 11.6 Å². The van der Waals surface area contributed by atoms with Crippen LogP contribution in [0.2, 0.25) is 0 Å². The van der Waals surface area contributed by atoms with Crippen molar-refractivity contribution >= 4 is 17.6 Å². The summed E-state index contributed by atoms with van der Waals surface area (Å²) >= 11 is 6.13. The maximum atomic E-state index is 10.6. The topological polar surface area (TPSA) is 26.3 Å². The van der Waals surface area contributed by atoms with Crippen LogP contribution in [0, 0.1) is 5.92 Å². The number of hydrogen-bond acceptors (Lipinski definition) is 2. The van der Waals surface area contributed by atoms with E-state index in [1.807, 2.05) is 0 Å². The number of ether oxygens (including phenoxy) is 1. The number of carbonyl (C=O) groups excluding carboxylic acids is 1. The fraction of sp³-hybridized carbons (Fsp3) is 0.900. The molecule has 0 saturated heterocycles. The quantitative estimate of drug-likeness (QED) is 0.522. The molecule has 0 radical (unpaired) electrons. The van der Waals surface area contributed by atoms with Gasteiger partial charge >= 0.3 is 5.97 Å². The molecular weight excluding hydrogens is 188 g/mol. The molecule has 0 aliphatic heterocycles. The first-order chi connectivity index (χ1) is 6.20. The lowest BCUT2D eigenvalue weighted by Crippen LogP contribution is -2.23. The number of hydrogen-bond donors (Lipinski definition) is 0. The molecule has 1 aliphatic rings. The summed E-state index contributed by atoms with van der Waals surface area (Å²) < 4.78 is 4.89. The third-order valence-corrected chi connectivity index (χ3v) is 3.09. The van der Waals surface area contributed by atoms with E-state index in [9.17, 15) is 4.79 Å². The van der Waals surface area contributed by atoms with Crippen molar-refractivity contribution in [1.29, 1.82) is 0 Å². The first-order valence-corrected chi connectivity index (χ1v) is 5.41. The van der Waals surface area contributed by atoms with Crippen molar-refractivity contribution in [3.05, 3.63) is 0 Å². The van der Waals surface area contributed by atoms with Gasteiger partial charge < -0.3 is 4.74 Å². The van der Waals surface area contributed by atoms with Gasteiger partial charge in [-0.25, -0.2) is 0 Å². The Bertz CT molecular complexity index is 164. The molecule has 1 rings (SSSR count). The number of halogens is 1. The minimum Gasteiger partial charge on any atom is -0.464 e. The van der Waals surface area contributed by atoms with Crippen molar-refractivity contribution in [2.45, 2.75) is 44.4 Å². The zero-order valence-corrected chi connectivity index (χ0v) is 8.85. The van der Waals surface area contributed by atoms with Crippen molar-refractivity contribution in [2.75, 3.05) is 6.61 Å². The van der Waals surface area contributed by atoms with Crippen LogP contribution in [0.5, 0.6) is 0 Å². The smallest absolute Gasteiger partial charge is 0.302 e. The molecule has 0 aromatic carbocycles. The Balaban J connectivity index is 2.20. The van der Waals surface area contributed by atoms with E-state index >= 15 is 0 Å². The summed E-state index contributed by atoms with van der Waals surface area (Å²) in [6.07, 6.45) is 6.25. The third-order valence-electron chi connectivity index (χ3n) is 2.61. The second-order valence-corrected chi connectivity index (χ2v) is 4.28. The van der Waals surface area contributed by atoms with Crippen molar-refractivity contribution in [1.82, 2.24) is 0 Å². The van der Waals surface area contributed by atoms with Crippen LogP contribution in [0.3, 0.4) is 0 Å². The van der Waals surface area contributed by atoms with Gasteiger partial charge in [0.15, 0.2) is 0 Å². The molecule has 13 heavy (non-hydrogen) atoms. The summed E-state index contributed by atoms with van der Waals surface area (Å²) in [5.41, 5.74) is 0. The van der Waals surface area contributed by atoms with Gasteiger partial charge in [0, 0.05) is 6.92 Å².